The van der Waals surface area contributed by atoms with Crippen LogP contribution in [0.15, 0.2) is 66.7 Å². The molecule has 174 valence electrons. The van der Waals surface area contributed by atoms with E-state index >= 15 is 0 Å². The molecule has 0 aromatic heterocycles. The van der Waals surface area contributed by atoms with Crippen LogP contribution in [0.1, 0.15) is 11.1 Å². The van der Waals surface area contributed by atoms with Crippen molar-refractivity contribution in [3.05, 3.63) is 83.7 Å². The zero-order valence-electron chi connectivity index (χ0n) is 18.5. The zero-order chi connectivity index (χ0) is 24.0. The molecule has 0 saturated carbocycles. The molecule has 9 heteroatoms. The fraction of sp³-hybridized carbons (Fsp3) is 0.208. The minimum Gasteiger partial charge on any atom is -0.495 e. The Balaban J connectivity index is 1.67. The van der Waals surface area contributed by atoms with Crippen molar-refractivity contribution in [2.75, 3.05) is 29.6 Å². The first-order valence-corrected chi connectivity index (χ1v) is 11.9. The van der Waals surface area contributed by atoms with Crippen molar-refractivity contribution in [2.45, 2.75) is 13.5 Å². The number of nitrogens with one attached hydrogen (secondary N) is 1. The van der Waals surface area contributed by atoms with Crippen molar-refractivity contribution in [2.24, 2.45) is 0 Å². The lowest BCUT2D eigenvalue weighted by atomic mass is 10.2. The monoisotopic (exact) mass is 472 g/mol. The number of methoxy groups -OCH3 is 1. The number of hydrogen-bond acceptors (Lipinski definition) is 5. The van der Waals surface area contributed by atoms with E-state index in [1.807, 2.05) is 13.0 Å². The number of carbonyl (C=O) groups is 1. The summed E-state index contributed by atoms with van der Waals surface area (Å²) in [5.74, 6) is 0.0566. The zero-order valence-corrected chi connectivity index (χ0v) is 19.4. The molecule has 0 radical (unpaired) electrons. The summed E-state index contributed by atoms with van der Waals surface area (Å²) in [6, 6.07) is 17.6. The minimum atomic E-state index is -3.67. The highest BCUT2D eigenvalue weighted by Crippen LogP contribution is 2.26. The number of anilines is 2. The van der Waals surface area contributed by atoms with Gasteiger partial charge in [-0.1, -0.05) is 24.3 Å². The molecule has 0 aliphatic heterocycles. The summed E-state index contributed by atoms with van der Waals surface area (Å²) in [5, 5.41) is 2.74. The van der Waals surface area contributed by atoms with E-state index < -0.39 is 15.8 Å². The summed E-state index contributed by atoms with van der Waals surface area (Å²) in [7, 11) is -2.15. The van der Waals surface area contributed by atoms with Crippen molar-refractivity contribution in [1.82, 2.24) is 0 Å². The molecule has 1 amide bonds. The first kappa shape index (κ1) is 24.1. The van der Waals surface area contributed by atoms with Crippen molar-refractivity contribution < 1.29 is 27.1 Å². The number of carbonyl (C=O) groups excluding carboxylic acids is 1. The van der Waals surface area contributed by atoms with Gasteiger partial charge in [0.1, 0.15) is 17.3 Å². The number of ether oxygens (including phenoxy) is 2. The first-order valence-electron chi connectivity index (χ1n) is 10.1. The molecule has 7 nitrogen and oxygen atoms in total. The fourth-order valence-corrected chi connectivity index (χ4v) is 4.02. The van der Waals surface area contributed by atoms with Gasteiger partial charge < -0.3 is 14.8 Å². The van der Waals surface area contributed by atoms with E-state index in [2.05, 4.69) is 5.32 Å². The predicted molar refractivity (Wildman–Crippen MR) is 126 cm³/mol. The van der Waals surface area contributed by atoms with Gasteiger partial charge in [0, 0.05) is 5.56 Å². The van der Waals surface area contributed by atoms with Crippen molar-refractivity contribution in [1.29, 1.82) is 0 Å². The number of rotatable bonds is 9. The van der Waals surface area contributed by atoms with E-state index in [0.717, 1.165) is 16.1 Å². The molecule has 3 aromatic rings. The van der Waals surface area contributed by atoms with Crippen LogP contribution >= 0.6 is 0 Å². The summed E-state index contributed by atoms with van der Waals surface area (Å²) in [4.78, 5) is 12.3. The number of nitrogens with zero attached hydrogens (tertiary/aromatic N) is 1. The number of sulfonamides is 1. The van der Waals surface area contributed by atoms with Gasteiger partial charge in [-0.25, -0.2) is 12.8 Å². The molecule has 0 fully saturated rings. The van der Waals surface area contributed by atoms with Gasteiger partial charge in [-0.15, -0.1) is 0 Å². The molecule has 3 aromatic carbocycles. The Morgan fingerprint density at radius 3 is 2.39 bits per heavy atom. The molecule has 0 saturated heterocycles. The average molecular weight is 473 g/mol. The lowest BCUT2D eigenvalue weighted by molar-refractivity contribution is -0.118. The minimum absolute atomic E-state index is 0.146. The van der Waals surface area contributed by atoms with Gasteiger partial charge in [-0.05, 0) is 55.0 Å². The Morgan fingerprint density at radius 1 is 1.06 bits per heavy atom. The van der Waals surface area contributed by atoms with E-state index in [9.17, 15) is 17.6 Å². The highest BCUT2D eigenvalue weighted by molar-refractivity contribution is 7.92. The largest absolute Gasteiger partial charge is 0.495 e. The number of aryl methyl sites for hydroxylation is 1. The highest BCUT2D eigenvalue weighted by atomic mass is 32.2. The van der Waals surface area contributed by atoms with Crippen LogP contribution in [0.25, 0.3) is 0 Å². The van der Waals surface area contributed by atoms with Gasteiger partial charge in [-0.3, -0.25) is 9.10 Å². The third kappa shape index (κ3) is 6.45. The number of halogens is 1. The fourth-order valence-electron chi connectivity index (χ4n) is 3.14. The van der Waals surface area contributed by atoms with Crippen LogP contribution in [0.5, 0.6) is 11.5 Å². The highest BCUT2D eigenvalue weighted by Gasteiger charge is 2.19. The van der Waals surface area contributed by atoms with E-state index in [4.69, 9.17) is 9.47 Å². The Kier molecular flexibility index (Phi) is 7.55. The van der Waals surface area contributed by atoms with Crippen LogP contribution < -0.4 is 19.1 Å². The van der Waals surface area contributed by atoms with Gasteiger partial charge in [-0.2, -0.15) is 0 Å². The number of amides is 1. The molecule has 0 aliphatic carbocycles. The third-order valence-electron chi connectivity index (χ3n) is 4.80. The van der Waals surface area contributed by atoms with E-state index in [1.54, 1.807) is 48.5 Å². The summed E-state index contributed by atoms with van der Waals surface area (Å²) in [6.45, 7) is 1.51. The maximum absolute atomic E-state index is 14.0. The Hall–Kier alpha value is -3.59. The number of hydrogen-bond donors (Lipinski definition) is 1. The SMILES string of the molecule is COc1ccc(C)cc1NC(=O)COc1ccc(N(Cc2ccccc2F)S(C)(=O)=O)cc1. The van der Waals surface area contributed by atoms with Crippen LogP contribution in [0.4, 0.5) is 15.8 Å². The smallest absolute Gasteiger partial charge is 0.262 e. The molecule has 0 bridgehead atoms. The summed E-state index contributed by atoms with van der Waals surface area (Å²) >= 11 is 0. The second-order valence-electron chi connectivity index (χ2n) is 7.40. The van der Waals surface area contributed by atoms with Crippen LogP contribution in [-0.4, -0.2) is 34.3 Å². The second-order valence-corrected chi connectivity index (χ2v) is 9.30. The Bertz CT molecular complexity index is 1230. The van der Waals surface area contributed by atoms with Gasteiger partial charge in [0.25, 0.3) is 5.91 Å². The molecule has 1 N–H and O–H groups in total. The lowest BCUT2D eigenvalue weighted by Gasteiger charge is -2.23. The van der Waals surface area contributed by atoms with Crippen LogP contribution in [0.3, 0.4) is 0 Å². The molecular formula is C24H25FN2O5S. The van der Waals surface area contributed by atoms with Crippen molar-refractivity contribution >= 4 is 27.3 Å². The van der Waals surface area contributed by atoms with Crippen LogP contribution in [0.2, 0.25) is 0 Å². The Labute approximate surface area is 192 Å². The van der Waals surface area contributed by atoms with Gasteiger partial charge in [0.15, 0.2) is 6.61 Å². The van der Waals surface area contributed by atoms with E-state index in [1.165, 1.54) is 19.2 Å². The maximum atomic E-state index is 14.0. The molecule has 0 unspecified atom stereocenters. The molecule has 0 spiro atoms. The third-order valence-corrected chi connectivity index (χ3v) is 5.94. The molecule has 0 aliphatic rings. The molecule has 0 atom stereocenters. The van der Waals surface area contributed by atoms with E-state index in [-0.39, 0.29) is 24.6 Å². The van der Waals surface area contributed by atoms with Crippen molar-refractivity contribution in [3.8, 4) is 11.5 Å². The molecular weight excluding hydrogens is 447 g/mol. The average Bonchev–Trinajstić information content (AvgIpc) is 2.77. The summed E-state index contributed by atoms with van der Waals surface area (Å²) in [6.07, 6.45) is 1.06. The van der Waals surface area contributed by atoms with Crippen LogP contribution in [0, 0.1) is 12.7 Å². The van der Waals surface area contributed by atoms with Gasteiger partial charge in [0.2, 0.25) is 10.0 Å². The number of benzene rings is 3. The Morgan fingerprint density at radius 2 is 1.76 bits per heavy atom. The molecule has 33 heavy (non-hydrogen) atoms. The normalized spacial score (nSPS) is 11.0. The standard InChI is InChI=1S/C24H25FN2O5S/c1-17-8-13-23(31-2)22(14-17)26-24(28)16-32-20-11-9-19(10-12-20)27(33(3,29)30)15-18-6-4-5-7-21(18)25/h4-14H,15-16H2,1-3H3,(H,26,28). The van der Waals surface area contributed by atoms with Crippen molar-refractivity contribution in [3.63, 3.8) is 0 Å². The second kappa shape index (κ2) is 10.4. The maximum Gasteiger partial charge on any atom is 0.262 e. The summed E-state index contributed by atoms with van der Waals surface area (Å²) in [5.41, 5.74) is 2.11. The lowest BCUT2D eigenvalue weighted by Crippen LogP contribution is -2.29. The quantitative estimate of drug-likeness (QED) is 0.506. The molecule has 3 rings (SSSR count). The molecule has 0 heterocycles. The van der Waals surface area contributed by atoms with Gasteiger partial charge in [0.05, 0.1) is 31.3 Å². The first-order chi connectivity index (χ1) is 15.7. The van der Waals surface area contributed by atoms with Crippen LogP contribution in [-0.2, 0) is 21.4 Å². The van der Waals surface area contributed by atoms with Gasteiger partial charge >= 0.3 is 0 Å². The summed E-state index contributed by atoms with van der Waals surface area (Å²) < 4.78 is 50.5. The van der Waals surface area contributed by atoms with E-state index in [0.29, 0.717) is 22.9 Å². The predicted octanol–water partition coefficient (Wildman–Crippen LogP) is 4.13. The topological polar surface area (TPSA) is 84.9 Å².